The third kappa shape index (κ3) is 5.38. The van der Waals surface area contributed by atoms with Gasteiger partial charge in [0, 0.05) is 31.1 Å². The summed E-state index contributed by atoms with van der Waals surface area (Å²) in [4.78, 5) is 39.3. The molecule has 2 atom stereocenters. The first-order chi connectivity index (χ1) is 12.8. The first-order valence-corrected chi connectivity index (χ1v) is 9.77. The Morgan fingerprint density at radius 3 is 2.25 bits per heavy atom. The standard InChI is InChI=1S/C19H30F3N3O3/c1-12-9-18(3,4)10-13(2)25(16(12)27)14-5-7-24(8-6-14)15(26)11-23-17(28)19(20,21)22/h12-14H,5-11H2,1-4H3,(H,23,28). The summed E-state index contributed by atoms with van der Waals surface area (Å²) in [5.74, 6) is -2.57. The highest BCUT2D eigenvalue weighted by Crippen LogP contribution is 2.38. The second-order valence-corrected chi connectivity index (χ2v) is 8.86. The number of carbonyl (C=O) groups excluding carboxylic acids is 3. The van der Waals surface area contributed by atoms with E-state index in [2.05, 4.69) is 20.8 Å². The van der Waals surface area contributed by atoms with Crippen molar-refractivity contribution in [3.05, 3.63) is 0 Å². The summed E-state index contributed by atoms with van der Waals surface area (Å²) in [5.41, 5.74) is 0.0800. The van der Waals surface area contributed by atoms with Gasteiger partial charge in [0.25, 0.3) is 0 Å². The predicted octanol–water partition coefficient (Wildman–Crippen LogP) is 2.33. The molecule has 2 aliphatic rings. The van der Waals surface area contributed by atoms with Crippen molar-refractivity contribution in [3.8, 4) is 0 Å². The lowest BCUT2D eigenvalue weighted by molar-refractivity contribution is -0.174. The van der Waals surface area contributed by atoms with E-state index in [1.54, 1.807) is 5.32 Å². The van der Waals surface area contributed by atoms with Gasteiger partial charge in [0.15, 0.2) is 0 Å². The van der Waals surface area contributed by atoms with Gasteiger partial charge in [-0.1, -0.05) is 20.8 Å². The number of amides is 3. The van der Waals surface area contributed by atoms with Crippen LogP contribution in [0.25, 0.3) is 0 Å². The van der Waals surface area contributed by atoms with Crippen LogP contribution >= 0.6 is 0 Å². The molecule has 2 unspecified atom stereocenters. The Hall–Kier alpha value is -1.80. The topological polar surface area (TPSA) is 69.7 Å². The van der Waals surface area contributed by atoms with E-state index in [9.17, 15) is 27.6 Å². The Kier molecular flexibility index (Phi) is 6.66. The minimum absolute atomic E-state index is 0.0210. The highest BCUT2D eigenvalue weighted by molar-refractivity contribution is 5.87. The number of nitrogens with one attached hydrogen (secondary N) is 1. The molecule has 0 bridgehead atoms. The lowest BCUT2D eigenvalue weighted by atomic mass is 9.80. The van der Waals surface area contributed by atoms with Crippen molar-refractivity contribution in [2.24, 2.45) is 11.3 Å². The molecule has 2 rings (SSSR count). The number of nitrogens with zero attached hydrogens (tertiary/aromatic N) is 2. The van der Waals surface area contributed by atoms with E-state index >= 15 is 0 Å². The third-order valence-electron chi connectivity index (χ3n) is 5.73. The van der Waals surface area contributed by atoms with Gasteiger partial charge in [0.05, 0.1) is 6.54 Å². The van der Waals surface area contributed by atoms with Crippen LogP contribution in [0.5, 0.6) is 0 Å². The molecule has 2 saturated heterocycles. The van der Waals surface area contributed by atoms with Crippen molar-refractivity contribution in [2.45, 2.75) is 71.6 Å². The van der Waals surface area contributed by atoms with Gasteiger partial charge in [0.2, 0.25) is 11.8 Å². The average Bonchev–Trinajstić information content (AvgIpc) is 2.65. The minimum Gasteiger partial charge on any atom is -0.341 e. The molecule has 0 aromatic carbocycles. The molecular formula is C19H30F3N3O3. The average molecular weight is 405 g/mol. The van der Waals surface area contributed by atoms with Gasteiger partial charge in [-0.15, -0.1) is 0 Å². The Labute approximate surface area is 163 Å². The van der Waals surface area contributed by atoms with Crippen molar-refractivity contribution in [1.82, 2.24) is 15.1 Å². The molecule has 0 spiro atoms. The summed E-state index contributed by atoms with van der Waals surface area (Å²) in [6.07, 6.45) is -2.08. The Balaban J connectivity index is 1.93. The summed E-state index contributed by atoms with van der Waals surface area (Å²) < 4.78 is 36.7. The maximum atomic E-state index is 12.9. The fourth-order valence-corrected chi connectivity index (χ4v) is 4.67. The summed E-state index contributed by atoms with van der Waals surface area (Å²) in [5, 5.41) is 1.61. The predicted molar refractivity (Wildman–Crippen MR) is 97.2 cm³/mol. The van der Waals surface area contributed by atoms with Gasteiger partial charge < -0.3 is 15.1 Å². The first-order valence-electron chi connectivity index (χ1n) is 9.77. The summed E-state index contributed by atoms with van der Waals surface area (Å²) >= 11 is 0. The van der Waals surface area contributed by atoms with Crippen LogP contribution in [-0.2, 0) is 14.4 Å². The molecule has 6 nitrogen and oxygen atoms in total. The minimum atomic E-state index is -5.00. The van der Waals surface area contributed by atoms with E-state index in [0.29, 0.717) is 25.9 Å². The number of hydrogen-bond acceptors (Lipinski definition) is 3. The van der Waals surface area contributed by atoms with Crippen LogP contribution < -0.4 is 5.32 Å². The van der Waals surface area contributed by atoms with Gasteiger partial charge in [-0.2, -0.15) is 13.2 Å². The molecule has 0 aromatic rings. The smallest absolute Gasteiger partial charge is 0.341 e. The van der Waals surface area contributed by atoms with Crippen LogP contribution in [0.3, 0.4) is 0 Å². The molecule has 0 aliphatic carbocycles. The zero-order valence-corrected chi connectivity index (χ0v) is 16.9. The molecular weight excluding hydrogens is 375 g/mol. The normalized spacial score (nSPS) is 26.8. The first kappa shape index (κ1) is 22.5. The van der Waals surface area contributed by atoms with Crippen molar-refractivity contribution >= 4 is 17.7 Å². The van der Waals surface area contributed by atoms with Crippen LogP contribution in [0.2, 0.25) is 0 Å². The van der Waals surface area contributed by atoms with Crippen LogP contribution in [0.15, 0.2) is 0 Å². The third-order valence-corrected chi connectivity index (χ3v) is 5.73. The number of alkyl halides is 3. The summed E-state index contributed by atoms with van der Waals surface area (Å²) in [7, 11) is 0. The summed E-state index contributed by atoms with van der Waals surface area (Å²) in [6, 6.07) is 0.124. The molecule has 3 amide bonds. The van der Waals surface area contributed by atoms with E-state index in [1.807, 2.05) is 11.8 Å². The Bertz CT molecular complexity index is 613. The van der Waals surface area contributed by atoms with E-state index in [0.717, 1.165) is 12.8 Å². The van der Waals surface area contributed by atoms with E-state index < -0.39 is 24.5 Å². The molecule has 2 fully saturated rings. The number of carbonyl (C=O) groups is 3. The van der Waals surface area contributed by atoms with E-state index in [-0.39, 0.29) is 29.3 Å². The monoisotopic (exact) mass is 405 g/mol. The van der Waals surface area contributed by atoms with Crippen molar-refractivity contribution in [2.75, 3.05) is 19.6 Å². The van der Waals surface area contributed by atoms with Crippen molar-refractivity contribution in [3.63, 3.8) is 0 Å². The lowest BCUT2D eigenvalue weighted by Gasteiger charge is -2.42. The molecule has 2 aliphatic heterocycles. The molecule has 0 radical (unpaired) electrons. The maximum Gasteiger partial charge on any atom is 0.471 e. The van der Waals surface area contributed by atoms with Gasteiger partial charge in [0.1, 0.15) is 0 Å². The van der Waals surface area contributed by atoms with Crippen LogP contribution in [0.1, 0.15) is 53.4 Å². The fourth-order valence-electron chi connectivity index (χ4n) is 4.67. The molecule has 160 valence electrons. The fraction of sp³-hybridized carbons (Fsp3) is 0.842. The molecule has 9 heteroatoms. The quantitative estimate of drug-likeness (QED) is 0.784. The van der Waals surface area contributed by atoms with Crippen molar-refractivity contribution in [1.29, 1.82) is 0 Å². The zero-order chi connectivity index (χ0) is 21.3. The Morgan fingerprint density at radius 2 is 1.71 bits per heavy atom. The van der Waals surface area contributed by atoms with Crippen LogP contribution in [0.4, 0.5) is 13.2 Å². The SMILES string of the molecule is CC1CC(C)(C)CC(C)N(C2CCN(C(=O)CNC(=O)C(F)(F)F)CC2)C1=O. The van der Waals surface area contributed by atoms with Gasteiger partial charge in [-0.05, 0) is 38.0 Å². The number of halogens is 3. The number of likely N-dealkylation sites (tertiary alicyclic amines) is 2. The number of piperidine rings is 1. The van der Waals surface area contributed by atoms with Gasteiger partial charge >= 0.3 is 12.1 Å². The molecule has 28 heavy (non-hydrogen) atoms. The van der Waals surface area contributed by atoms with Crippen molar-refractivity contribution < 1.29 is 27.6 Å². The van der Waals surface area contributed by atoms with E-state index in [1.165, 1.54) is 4.90 Å². The van der Waals surface area contributed by atoms with Crippen LogP contribution in [0, 0.1) is 11.3 Å². The number of rotatable bonds is 3. The molecule has 1 N–H and O–H groups in total. The maximum absolute atomic E-state index is 12.9. The van der Waals surface area contributed by atoms with Gasteiger partial charge in [-0.3, -0.25) is 14.4 Å². The Morgan fingerprint density at radius 1 is 1.14 bits per heavy atom. The number of hydrogen-bond donors (Lipinski definition) is 1. The molecule has 0 aromatic heterocycles. The lowest BCUT2D eigenvalue weighted by Crippen LogP contribution is -2.53. The highest BCUT2D eigenvalue weighted by Gasteiger charge is 2.41. The van der Waals surface area contributed by atoms with Crippen LogP contribution in [-0.4, -0.2) is 65.4 Å². The zero-order valence-electron chi connectivity index (χ0n) is 16.9. The highest BCUT2D eigenvalue weighted by atomic mass is 19.4. The summed E-state index contributed by atoms with van der Waals surface area (Å²) in [6.45, 7) is 8.41. The van der Waals surface area contributed by atoms with E-state index in [4.69, 9.17) is 0 Å². The second-order valence-electron chi connectivity index (χ2n) is 8.86. The second kappa shape index (κ2) is 8.29. The largest absolute Gasteiger partial charge is 0.471 e. The van der Waals surface area contributed by atoms with Gasteiger partial charge in [-0.25, -0.2) is 0 Å². The molecule has 0 saturated carbocycles. The molecule has 2 heterocycles.